The Hall–Kier alpha value is -0.470. The molecule has 1 fully saturated rings. The Bertz CT molecular complexity index is 521. The first-order valence-corrected chi connectivity index (χ1v) is 8.70. The number of methoxy groups -OCH3 is 1. The highest BCUT2D eigenvalue weighted by Crippen LogP contribution is 2.28. The first kappa shape index (κ1) is 14.9. The summed E-state index contributed by atoms with van der Waals surface area (Å²) in [6.45, 7) is 3.13. The summed E-state index contributed by atoms with van der Waals surface area (Å²) in [5, 5.41) is 5.26. The number of sulfonamides is 1. The number of hydrogen-bond donors (Lipinski definition) is 2. The monoisotopic (exact) mass is 304 g/mol. The van der Waals surface area contributed by atoms with E-state index in [0.29, 0.717) is 30.6 Å². The molecule has 1 saturated carbocycles. The van der Waals surface area contributed by atoms with Gasteiger partial charge in [0.1, 0.15) is 4.90 Å². The van der Waals surface area contributed by atoms with Crippen LogP contribution in [0.25, 0.3) is 0 Å². The van der Waals surface area contributed by atoms with Crippen LogP contribution in [-0.4, -0.2) is 34.7 Å². The van der Waals surface area contributed by atoms with Gasteiger partial charge in [0, 0.05) is 31.1 Å². The summed E-state index contributed by atoms with van der Waals surface area (Å²) in [7, 11) is -1.89. The molecule has 1 aliphatic carbocycles. The van der Waals surface area contributed by atoms with Gasteiger partial charge in [0.05, 0.1) is 6.61 Å². The lowest BCUT2D eigenvalue weighted by atomic mass is 10.3. The predicted molar refractivity (Wildman–Crippen MR) is 76.0 cm³/mol. The number of rotatable bonds is 8. The lowest BCUT2D eigenvalue weighted by Crippen LogP contribution is -2.28. The minimum atomic E-state index is -3.44. The summed E-state index contributed by atoms with van der Waals surface area (Å²) in [5.74, 6) is 0. The zero-order chi connectivity index (χ0) is 13.9. The summed E-state index contributed by atoms with van der Waals surface area (Å²) in [5.41, 5.74) is 0.808. The van der Waals surface area contributed by atoms with E-state index in [2.05, 4.69) is 10.0 Å². The lowest BCUT2D eigenvalue weighted by Gasteiger charge is -2.09. The van der Waals surface area contributed by atoms with Crippen molar-refractivity contribution in [3.05, 3.63) is 15.8 Å². The van der Waals surface area contributed by atoms with Crippen LogP contribution < -0.4 is 10.0 Å². The van der Waals surface area contributed by atoms with Crippen molar-refractivity contribution < 1.29 is 13.2 Å². The Balaban J connectivity index is 2.09. The van der Waals surface area contributed by atoms with Crippen molar-refractivity contribution in [2.45, 2.75) is 37.2 Å². The maximum absolute atomic E-state index is 12.3. The Labute approximate surface area is 118 Å². The highest BCUT2D eigenvalue weighted by molar-refractivity contribution is 7.89. The minimum Gasteiger partial charge on any atom is -0.383 e. The fourth-order valence-electron chi connectivity index (χ4n) is 1.84. The number of ether oxygens (including phenoxy) is 1. The van der Waals surface area contributed by atoms with Gasteiger partial charge < -0.3 is 10.1 Å². The summed E-state index contributed by atoms with van der Waals surface area (Å²) >= 11 is 1.50. The van der Waals surface area contributed by atoms with Crippen LogP contribution in [0.1, 0.15) is 23.3 Å². The van der Waals surface area contributed by atoms with Crippen molar-refractivity contribution in [2.24, 2.45) is 0 Å². The number of thiophene rings is 1. The third kappa shape index (κ3) is 4.00. The molecule has 2 rings (SSSR count). The van der Waals surface area contributed by atoms with E-state index >= 15 is 0 Å². The highest BCUT2D eigenvalue weighted by atomic mass is 32.2. The van der Waals surface area contributed by atoms with E-state index in [-0.39, 0.29) is 0 Å². The van der Waals surface area contributed by atoms with Crippen molar-refractivity contribution >= 4 is 21.4 Å². The molecule has 1 aromatic rings. The van der Waals surface area contributed by atoms with Crippen molar-refractivity contribution in [3.8, 4) is 0 Å². The van der Waals surface area contributed by atoms with Crippen LogP contribution in [0.4, 0.5) is 0 Å². The molecule has 108 valence electrons. The molecule has 19 heavy (non-hydrogen) atoms. The standard InChI is InChI=1S/C12H20N2O3S2/c1-9-8-18-11(7-13-10-3-4-10)12(9)19(15,16)14-5-6-17-2/h8,10,13-14H,3-7H2,1-2H3. The van der Waals surface area contributed by atoms with E-state index in [4.69, 9.17) is 4.74 Å². The third-order valence-corrected chi connectivity index (χ3v) is 5.91. The van der Waals surface area contributed by atoms with Crippen LogP contribution in [0.15, 0.2) is 10.3 Å². The summed E-state index contributed by atoms with van der Waals surface area (Å²) in [4.78, 5) is 1.32. The molecule has 1 aliphatic rings. The molecular weight excluding hydrogens is 284 g/mol. The molecule has 1 heterocycles. The van der Waals surface area contributed by atoms with Gasteiger partial charge in [0.2, 0.25) is 10.0 Å². The topological polar surface area (TPSA) is 67.4 Å². The molecule has 0 aliphatic heterocycles. The third-order valence-electron chi connectivity index (χ3n) is 2.99. The van der Waals surface area contributed by atoms with Crippen LogP contribution in [-0.2, 0) is 21.3 Å². The van der Waals surface area contributed by atoms with Gasteiger partial charge in [-0.3, -0.25) is 0 Å². The summed E-state index contributed by atoms with van der Waals surface area (Å²) in [6, 6.07) is 0.569. The van der Waals surface area contributed by atoms with Gasteiger partial charge in [-0.15, -0.1) is 11.3 Å². The van der Waals surface area contributed by atoms with Crippen molar-refractivity contribution in [1.82, 2.24) is 10.0 Å². The zero-order valence-electron chi connectivity index (χ0n) is 11.2. The van der Waals surface area contributed by atoms with Crippen LogP contribution in [0.2, 0.25) is 0 Å². The van der Waals surface area contributed by atoms with E-state index in [0.717, 1.165) is 10.4 Å². The Morgan fingerprint density at radius 3 is 2.84 bits per heavy atom. The number of aryl methyl sites for hydroxylation is 1. The molecule has 0 saturated heterocycles. The van der Waals surface area contributed by atoms with Gasteiger partial charge in [0.25, 0.3) is 0 Å². The molecule has 7 heteroatoms. The number of nitrogens with one attached hydrogen (secondary N) is 2. The predicted octanol–water partition coefficient (Wildman–Crippen LogP) is 1.23. The SMILES string of the molecule is COCCNS(=O)(=O)c1c(C)csc1CNC1CC1. The summed E-state index contributed by atoms with van der Waals surface area (Å²) < 4.78 is 32.0. The molecule has 0 unspecified atom stereocenters. The molecule has 0 bridgehead atoms. The highest BCUT2D eigenvalue weighted by Gasteiger charge is 2.25. The summed E-state index contributed by atoms with van der Waals surface area (Å²) in [6.07, 6.45) is 2.39. The Kier molecular flexibility index (Phi) is 4.97. The number of hydrogen-bond acceptors (Lipinski definition) is 5. The van der Waals surface area contributed by atoms with Gasteiger partial charge in [-0.05, 0) is 30.7 Å². The van der Waals surface area contributed by atoms with Crippen molar-refractivity contribution in [3.63, 3.8) is 0 Å². The maximum Gasteiger partial charge on any atom is 0.242 e. The second-order valence-corrected chi connectivity index (χ2v) is 7.38. The largest absolute Gasteiger partial charge is 0.383 e. The molecular formula is C12H20N2O3S2. The Morgan fingerprint density at radius 2 is 2.21 bits per heavy atom. The fourth-order valence-corrected chi connectivity index (χ4v) is 4.62. The molecule has 5 nitrogen and oxygen atoms in total. The van der Waals surface area contributed by atoms with Gasteiger partial charge in [-0.1, -0.05) is 0 Å². The smallest absolute Gasteiger partial charge is 0.242 e. The van der Waals surface area contributed by atoms with E-state index < -0.39 is 10.0 Å². The molecule has 0 radical (unpaired) electrons. The van der Waals surface area contributed by atoms with Gasteiger partial charge in [-0.25, -0.2) is 13.1 Å². The van der Waals surface area contributed by atoms with E-state index in [1.165, 1.54) is 24.2 Å². The van der Waals surface area contributed by atoms with Crippen LogP contribution in [0.5, 0.6) is 0 Å². The van der Waals surface area contributed by atoms with Crippen molar-refractivity contribution in [2.75, 3.05) is 20.3 Å². The second-order valence-electron chi connectivity index (χ2n) is 4.72. The Morgan fingerprint density at radius 1 is 1.47 bits per heavy atom. The van der Waals surface area contributed by atoms with Gasteiger partial charge >= 0.3 is 0 Å². The van der Waals surface area contributed by atoms with E-state index in [9.17, 15) is 8.42 Å². The second kappa shape index (κ2) is 6.32. The van der Waals surface area contributed by atoms with Crippen LogP contribution in [0.3, 0.4) is 0 Å². The molecule has 0 atom stereocenters. The van der Waals surface area contributed by atoms with E-state index in [1.54, 1.807) is 7.11 Å². The maximum atomic E-state index is 12.3. The first-order chi connectivity index (χ1) is 9.04. The first-order valence-electron chi connectivity index (χ1n) is 6.33. The van der Waals surface area contributed by atoms with Crippen LogP contribution in [0, 0.1) is 6.92 Å². The molecule has 1 aromatic heterocycles. The average Bonchev–Trinajstić information content (AvgIpc) is 3.10. The van der Waals surface area contributed by atoms with Gasteiger partial charge in [-0.2, -0.15) is 0 Å². The van der Waals surface area contributed by atoms with Gasteiger partial charge in [0.15, 0.2) is 0 Å². The quantitative estimate of drug-likeness (QED) is 0.709. The molecule has 0 aromatic carbocycles. The average molecular weight is 304 g/mol. The van der Waals surface area contributed by atoms with E-state index in [1.807, 2.05) is 12.3 Å². The fraction of sp³-hybridized carbons (Fsp3) is 0.667. The zero-order valence-corrected chi connectivity index (χ0v) is 12.9. The normalized spacial score (nSPS) is 15.9. The lowest BCUT2D eigenvalue weighted by molar-refractivity contribution is 0.204. The molecule has 0 amide bonds. The van der Waals surface area contributed by atoms with Crippen LogP contribution >= 0.6 is 11.3 Å². The molecule has 2 N–H and O–H groups in total. The van der Waals surface area contributed by atoms with Crippen molar-refractivity contribution in [1.29, 1.82) is 0 Å². The molecule has 0 spiro atoms. The minimum absolute atomic E-state index is 0.295.